The maximum atomic E-state index is 12.0. The van der Waals surface area contributed by atoms with Crippen LogP contribution in [0.5, 0.6) is 5.75 Å². The molecule has 3 heterocycles. The number of hydrogen-bond donors (Lipinski definition) is 1. The van der Waals surface area contributed by atoms with Crippen molar-refractivity contribution in [3.05, 3.63) is 66.5 Å². The molecule has 0 fully saturated rings. The molecule has 1 aromatic carbocycles. The normalized spacial score (nSPS) is 15.3. The lowest BCUT2D eigenvalue weighted by molar-refractivity contribution is -0.121. The van der Waals surface area contributed by atoms with Crippen LogP contribution in [0.3, 0.4) is 0 Å². The number of rotatable bonds is 6. The van der Waals surface area contributed by atoms with E-state index in [9.17, 15) is 4.79 Å². The molecule has 1 aliphatic rings. The van der Waals surface area contributed by atoms with E-state index in [1.54, 1.807) is 24.9 Å². The van der Waals surface area contributed by atoms with Crippen molar-refractivity contribution in [1.82, 2.24) is 15.3 Å². The number of fused-ring (bicyclic) bond motifs is 1. The second-order valence-electron chi connectivity index (χ2n) is 6.24. The summed E-state index contributed by atoms with van der Waals surface area (Å²) in [5, 5.41) is 2.94. The number of amides is 1. The molecule has 4 rings (SSSR count). The van der Waals surface area contributed by atoms with Crippen molar-refractivity contribution >= 4 is 5.91 Å². The summed E-state index contributed by atoms with van der Waals surface area (Å²) in [6.45, 7) is 0.492. The Kier molecular flexibility index (Phi) is 4.64. The summed E-state index contributed by atoms with van der Waals surface area (Å²) >= 11 is 0. The van der Waals surface area contributed by atoms with Gasteiger partial charge in [-0.05, 0) is 35.9 Å². The standard InChI is InChI=1S/C20H19N3O3/c24-20(6-4-16-2-1-9-25-16)23-12-17-11-15-10-14(3-5-19(15)26-17)18-13-21-7-8-22-18/h1-3,5,7-10,13,17H,4,6,11-12H2,(H,23,24)/t17-/m1/s1. The highest BCUT2D eigenvalue weighted by Gasteiger charge is 2.23. The number of nitrogens with zero attached hydrogens (tertiary/aromatic N) is 2. The molecule has 6 nitrogen and oxygen atoms in total. The summed E-state index contributed by atoms with van der Waals surface area (Å²) in [6.07, 6.45) is 8.43. The second-order valence-corrected chi connectivity index (χ2v) is 6.24. The monoisotopic (exact) mass is 349 g/mol. The molecular weight excluding hydrogens is 330 g/mol. The zero-order chi connectivity index (χ0) is 17.8. The highest BCUT2D eigenvalue weighted by Crippen LogP contribution is 2.32. The molecule has 2 aromatic heterocycles. The minimum Gasteiger partial charge on any atom is -0.488 e. The first-order chi connectivity index (χ1) is 12.8. The Morgan fingerprint density at radius 3 is 3.04 bits per heavy atom. The van der Waals surface area contributed by atoms with Crippen LogP contribution in [-0.2, 0) is 17.6 Å². The average Bonchev–Trinajstić information content (AvgIpc) is 3.34. The second kappa shape index (κ2) is 7.39. The molecule has 1 atom stereocenters. The van der Waals surface area contributed by atoms with E-state index in [0.29, 0.717) is 19.4 Å². The lowest BCUT2D eigenvalue weighted by atomic mass is 10.0. The summed E-state index contributed by atoms with van der Waals surface area (Å²) in [5.74, 6) is 1.69. The lowest BCUT2D eigenvalue weighted by Gasteiger charge is -2.11. The minimum atomic E-state index is -0.0466. The van der Waals surface area contributed by atoms with Gasteiger partial charge in [-0.25, -0.2) is 0 Å². The van der Waals surface area contributed by atoms with Crippen LogP contribution in [0, 0.1) is 0 Å². The van der Waals surface area contributed by atoms with E-state index < -0.39 is 0 Å². The van der Waals surface area contributed by atoms with Crippen molar-refractivity contribution in [2.24, 2.45) is 0 Å². The van der Waals surface area contributed by atoms with Crippen molar-refractivity contribution in [1.29, 1.82) is 0 Å². The smallest absolute Gasteiger partial charge is 0.220 e. The van der Waals surface area contributed by atoms with Crippen LogP contribution in [0.4, 0.5) is 0 Å². The van der Waals surface area contributed by atoms with Gasteiger partial charge in [0.05, 0.1) is 24.7 Å². The first-order valence-electron chi connectivity index (χ1n) is 8.63. The summed E-state index contributed by atoms with van der Waals surface area (Å²) < 4.78 is 11.2. The van der Waals surface area contributed by atoms with Gasteiger partial charge in [-0.1, -0.05) is 0 Å². The third-order valence-corrected chi connectivity index (χ3v) is 4.37. The molecule has 1 amide bonds. The maximum absolute atomic E-state index is 12.0. The van der Waals surface area contributed by atoms with Gasteiger partial charge in [0.15, 0.2) is 0 Å². The summed E-state index contributed by atoms with van der Waals surface area (Å²) in [6, 6.07) is 9.72. The predicted octanol–water partition coefficient (Wildman–Crippen LogP) is 2.79. The SMILES string of the molecule is O=C(CCc1ccco1)NC[C@H]1Cc2cc(-c3cnccn3)ccc2O1. The van der Waals surface area contributed by atoms with Crippen LogP contribution in [0.15, 0.2) is 59.6 Å². The molecule has 1 N–H and O–H groups in total. The fourth-order valence-corrected chi connectivity index (χ4v) is 3.05. The molecule has 0 radical (unpaired) electrons. The van der Waals surface area contributed by atoms with Gasteiger partial charge >= 0.3 is 0 Å². The lowest BCUT2D eigenvalue weighted by Crippen LogP contribution is -2.34. The van der Waals surface area contributed by atoms with Gasteiger partial charge in [0.25, 0.3) is 0 Å². The third-order valence-electron chi connectivity index (χ3n) is 4.37. The van der Waals surface area contributed by atoms with Crippen LogP contribution in [0.1, 0.15) is 17.7 Å². The summed E-state index contributed by atoms with van der Waals surface area (Å²) in [4.78, 5) is 20.4. The van der Waals surface area contributed by atoms with Gasteiger partial charge in [-0.15, -0.1) is 0 Å². The zero-order valence-electron chi connectivity index (χ0n) is 14.2. The van der Waals surface area contributed by atoms with Gasteiger partial charge in [-0.3, -0.25) is 14.8 Å². The molecule has 6 heteroatoms. The van der Waals surface area contributed by atoms with Crippen molar-refractivity contribution in [3.63, 3.8) is 0 Å². The average molecular weight is 349 g/mol. The Morgan fingerprint density at radius 1 is 1.27 bits per heavy atom. The number of aromatic nitrogens is 2. The molecule has 0 unspecified atom stereocenters. The van der Waals surface area contributed by atoms with Gasteiger partial charge in [0.1, 0.15) is 17.6 Å². The number of benzene rings is 1. The molecule has 0 spiro atoms. The van der Waals surface area contributed by atoms with Gasteiger partial charge in [0.2, 0.25) is 5.91 Å². The van der Waals surface area contributed by atoms with E-state index in [1.165, 1.54) is 0 Å². The molecular formula is C20H19N3O3. The maximum Gasteiger partial charge on any atom is 0.220 e. The van der Waals surface area contributed by atoms with Crippen molar-refractivity contribution < 1.29 is 13.9 Å². The Bertz CT molecular complexity index is 879. The minimum absolute atomic E-state index is 0.00112. The zero-order valence-corrected chi connectivity index (χ0v) is 14.2. The Balaban J connectivity index is 1.30. The molecule has 0 aliphatic carbocycles. The van der Waals surface area contributed by atoms with Crippen molar-refractivity contribution in [3.8, 4) is 17.0 Å². The van der Waals surface area contributed by atoms with Gasteiger partial charge in [0, 0.05) is 37.2 Å². The predicted molar refractivity (Wildman–Crippen MR) is 95.6 cm³/mol. The molecule has 132 valence electrons. The largest absolute Gasteiger partial charge is 0.488 e. The van der Waals surface area contributed by atoms with Crippen LogP contribution >= 0.6 is 0 Å². The molecule has 0 saturated heterocycles. The van der Waals surface area contributed by atoms with E-state index in [-0.39, 0.29) is 12.0 Å². The van der Waals surface area contributed by atoms with Crippen LogP contribution in [0.25, 0.3) is 11.3 Å². The first kappa shape index (κ1) is 16.3. The Labute approximate surface area is 151 Å². The van der Waals surface area contributed by atoms with Gasteiger partial charge < -0.3 is 14.5 Å². The number of nitrogens with one attached hydrogen (secondary N) is 1. The topological polar surface area (TPSA) is 77.3 Å². The quantitative estimate of drug-likeness (QED) is 0.740. The fourth-order valence-electron chi connectivity index (χ4n) is 3.05. The number of carbonyl (C=O) groups excluding carboxylic acids is 1. The number of aryl methyl sites for hydroxylation is 1. The summed E-state index contributed by atoms with van der Waals surface area (Å²) in [5.41, 5.74) is 2.98. The van der Waals surface area contributed by atoms with E-state index in [0.717, 1.165) is 34.8 Å². The first-order valence-corrected chi connectivity index (χ1v) is 8.63. The Hall–Kier alpha value is -3.15. The number of furan rings is 1. The number of ether oxygens (including phenoxy) is 1. The summed E-state index contributed by atoms with van der Waals surface area (Å²) in [7, 11) is 0. The number of carbonyl (C=O) groups is 1. The molecule has 3 aromatic rings. The highest BCUT2D eigenvalue weighted by atomic mass is 16.5. The van der Waals surface area contributed by atoms with Crippen LogP contribution in [-0.4, -0.2) is 28.5 Å². The van der Waals surface area contributed by atoms with E-state index in [1.807, 2.05) is 24.3 Å². The molecule has 1 aliphatic heterocycles. The fraction of sp³-hybridized carbons (Fsp3) is 0.250. The molecule has 0 saturated carbocycles. The number of hydrogen-bond acceptors (Lipinski definition) is 5. The van der Waals surface area contributed by atoms with Crippen LogP contribution in [0.2, 0.25) is 0 Å². The van der Waals surface area contributed by atoms with E-state index in [4.69, 9.17) is 9.15 Å². The van der Waals surface area contributed by atoms with E-state index >= 15 is 0 Å². The van der Waals surface area contributed by atoms with E-state index in [2.05, 4.69) is 21.4 Å². The van der Waals surface area contributed by atoms with Gasteiger partial charge in [-0.2, -0.15) is 0 Å². The van der Waals surface area contributed by atoms with Crippen molar-refractivity contribution in [2.45, 2.75) is 25.4 Å². The van der Waals surface area contributed by atoms with Crippen molar-refractivity contribution in [2.75, 3.05) is 6.54 Å². The van der Waals surface area contributed by atoms with Crippen LogP contribution < -0.4 is 10.1 Å². The molecule has 0 bridgehead atoms. The molecule has 26 heavy (non-hydrogen) atoms. The highest BCUT2D eigenvalue weighted by molar-refractivity contribution is 5.76. The Morgan fingerprint density at radius 2 is 2.23 bits per heavy atom. The third kappa shape index (κ3) is 3.74.